The summed E-state index contributed by atoms with van der Waals surface area (Å²) in [7, 11) is 1.41. The standard InChI is InChI=1S/C22H25NO5/c1-3-12-23(20(14-27-2)21(24)25)22(26)28-13-19-17-10-6-4-8-15(17)16-9-5-7-11-18(16)19/h4-11,19-20H,3,12-14H2,1-2H3,(H,24,25). The Morgan fingerprint density at radius 3 is 2.14 bits per heavy atom. The van der Waals surface area contributed by atoms with E-state index in [1.54, 1.807) is 0 Å². The molecule has 0 aromatic heterocycles. The van der Waals surface area contributed by atoms with Gasteiger partial charge >= 0.3 is 12.1 Å². The van der Waals surface area contributed by atoms with Crippen LogP contribution >= 0.6 is 0 Å². The van der Waals surface area contributed by atoms with Crippen molar-refractivity contribution >= 4 is 12.1 Å². The fraction of sp³-hybridized carbons (Fsp3) is 0.364. The molecular formula is C22H25NO5. The van der Waals surface area contributed by atoms with Crippen molar-refractivity contribution in [3.05, 3.63) is 59.7 Å². The fourth-order valence-corrected chi connectivity index (χ4v) is 3.74. The van der Waals surface area contributed by atoms with Crippen LogP contribution in [-0.2, 0) is 14.3 Å². The molecule has 0 saturated heterocycles. The quantitative estimate of drug-likeness (QED) is 0.751. The molecular weight excluding hydrogens is 358 g/mol. The largest absolute Gasteiger partial charge is 0.480 e. The Hall–Kier alpha value is -2.86. The monoisotopic (exact) mass is 383 g/mol. The Bertz CT molecular complexity index is 805. The number of rotatable bonds is 8. The van der Waals surface area contributed by atoms with Gasteiger partial charge in [0.25, 0.3) is 0 Å². The van der Waals surface area contributed by atoms with Gasteiger partial charge in [0, 0.05) is 19.6 Å². The van der Waals surface area contributed by atoms with E-state index in [9.17, 15) is 14.7 Å². The summed E-state index contributed by atoms with van der Waals surface area (Å²) in [6.07, 6.45) is -0.00862. The predicted molar refractivity (Wildman–Crippen MR) is 105 cm³/mol. The van der Waals surface area contributed by atoms with Crippen molar-refractivity contribution in [2.75, 3.05) is 26.9 Å². The highest BCUT2D eigenvalue weighted by Gasteiger charge is 2.33. The van der Waals surface area contributed by atoms with Crippen LogP contribution < -0.4 is 0 Å². The molecule has 1 amide bonds. The van der Waals surface area contributed by atoms with Crippen LogP contribution in [0.5, 0.6) is 0 Å². The first-order chi connectivity index (χ1) is 13.6. The summed E-state index contributed by atoms with van der Waals surface area (Å²) >= 11 is 0. The van der Waals surface area contributed by atoms with E-state index in [0.29, 0.717) is 6.42 Å². The summed E-state index contributed by atoms with van der Waals surface area (Å²) in [5.74, 6) is -1.17. The Labute approximate surface area is 164 Å². The number of hydrogen-bond acceptors (Lipinski definition) is 4. The van der Waals surface area contributed by atoms with Crippen LogP contribution in [0.2, 0.25) is 0 Å². The van der Waals surface area contributed by atoms with E-state index >= 15 is 0 Å². The van der Waals surface area contributed by atoms with E-state index in [1.807, 2.05) is 43.3 Å². The third-order valence-corrected chi connectivity index (χ3v) is 5.02. The molecule has 0 fully saturated rings. The first-order valence-corrected chi connectivity index (χ1v) is 9.41. The Morgan fingerprint density at radius 2 is 1.64 bits per heavy atom. The lowest BCUT2D eigenvalue weighted by Crippen LogP contribution is -2.48. The van der Waals surface area contributed by atoms with Gasteiger partial charge in [-0.05, 0) is 28.7 Å². The number of carboxylic acids is 1. The van der Waals surface area contributed by atoms with E-state index < -0.39 is 18.1 Å². The van der Waals surface area contributed by atoms with Gasteiger partial charge in [0.05, 0.1) is 6.61 Å². The van der Waals surface area contributed by atoms with Gasteiger partial charge < -0.3 is 14.6 Å². The molecule has 3 rings (SSSR count). The zero-order chi connectivity index (χ0) is 20.1. The lowest BCUT2D eigenvalue weighted by Gasteiger charge is -2.28. The molecule has 1 unspecified atom stereocenters. The Balaban J connectivity index is 1.79. The minimum Gasteiger partial charge on any atom is -0.480 e. The average molecular weight is 383 g/mol. The maximum atomic E-state index is 12.7. The van der Waals surface area contributed by atoms with Gasteiger partial charge in [-0.15, -0.1) is 0 Å². The van der Waals surface area contributed by atoms with E-state index in [2.05, 4.69) is 12.1 Å². The van der Waals surface area contributed by atoms with Crippen molar-refractivity contribution in [2.45, 2.75) is 25.3 Å². The summed E-state index contributed by atoms with van der Waals surface area (Å²) < 4.78 is 10.6. The number of carboxylic acid groups (broad SMARTS) is 1. The molecule has 1 atom stereocenters. The van der Waals surface area contributed by atoms with Crippen LogP contribution in [0.3, 0.4) is 0 Å². The normalized spacial score (nSPS) is 13.5. The van der Waals surface area contributed by atoms with E-state index in [0.717, 1.165) is 22.3 Å². The number of methoxy groups -OCH3 is 1. The Kier molecular flexibility index (Phi) is 6.31. The zero-order valence-electron chi connectivity index (χ0n) is 16.1. The lowest BCUT2D eigenvalue weighted by atomic mass is 9.98. The maximum Gasteiger partial charge on any atom is 0.410 e. The van der Waals surface area contributed by atoms with E-state index in [4.69, 9.17) is 9.47 Å². The van der Waals surface area contributed by atoms with Gasteiger partial charge in [0.2, 0.25) is 0 Å². The van der Waals surface area contributed by atoms with Gasteiger partial charge in [-0.25, -0.2) is 9.59 Å². The summed E-state index contributed by atoms with van der Waals surface area (Å²) in [6.45, 7) is 2.25. The second-order valence-corrected chi connectivity index (χ2v) is 6.81. The molecule has 148 valence electrons. The van der Waals surface area contributed by atoms with Gasteiger partial charge in [-0.2, -0.15) is 0 Å². The van der Waals surface area contributed by atoms with Crippen LogP contribution in [-0.4, -0.2) is 55.0 Å². The molecule has 1 N–H and O–H groups in total. The van der Waals surface area contributed by atoms with E-state index in [1.165, 1.54) is 12.0 Å². The molecule has 2 aromatic rings. The summed E-state index contributed by atoms with van der Waals surface area (Å²) in [6, 6.07) is 15.1. The van der Waals surface area contributed by atoms with Crippen LogP contribution in [0.4, 0.5) is 4.79 Å². The first-order valence-electron chi connectivity index (χ1n) is 9.41. The van der Waals surface area contributed by atoms with Crippen LogP contribution in [0.25, 0.3) is 11.1 Å². The van der Waals surface area contributed by atoms with Gasteiger partial charge in [0.15, 0.2) is 6.04 Å². The second-order valence-electron chi connectivity index (χ2n) is 6.81. The maximum absolute atomic E-state index is 12.7. The number of carbonyl (C=O) groups excluding carboxylic acids is 1. The number of ether oxygens (including phenoxy) is 2. The molecule has 0 heterocycles. The topological polar surface area (TPSA) is 76.1 Å². The highest BCUT2D eigenvalue weighted by atomic mass is 16.6. The molecule has 0 spiro atoms. The number of fused-ring (bicyclic) bond motifs is 3. The zero-order valence-corrected chi connectivity index (χ0v) is 16.1. The summed E-state index contributed by atoms with van der Waals surface area (Å²) in [4.78, 5) is 25.5. The van der Waals surface area contributed by atoms with E-state index in [-0.39, 0.29) is 25.7 Å². The van der Waals surface area contributed by atoms with Crippen LogP contribution in [0, 0.1) is 0 Å². The van der Waals surface area contributed by atoms with Crippen molar-refractivity contribution in [3.63, 3.8) is 0 Å². The molecule has 0 aliphatic heterocycles. The van der Waals surface area contributed by atoms with Gasteiger partial charge in [-0.1, -0.05) is 55.5 Å². The SMILES string of the molecule is CCCN(C(=O)OCC1c2ccccc2-c2ccccc21)C(COC)C(=O)O. The third-order valence-electron chi connectivity index (χ3n) is 5.02. The number of hydrogen-bond donors (Lipinski definition) is 1. The smallest absolute Gasteiger partial charge is 0.410 e. The molecule has 6 nitrogen and oxygen atoms in total. The molecule has 1 aliphatic carbocycles. The minimum absolute atomic E-state index is 0.0643. The summed E-state index contributed by atoms with van der Waals surface area (Å²) in [5, 5.41) is 9.46. The summed E-state index contributed by atoms with van der Waals surface area (Å²) in [5.41, 5.74) is 4.52. The van der Waals surface area contributed by atoms with Crippen molar-refractivity contribution in [3.8, 4) is 11.1 Å². The average Bonchev–Trinajstić information content (AvgIpc) is 3.02. The van der Waals surface area contributed by atoms with Gasteiger partial charge in [0.1, 0.15) is 6.61 Å². The number of aliphatic carboxylic acids is 1. The van der Waals surface area contributed by atoms with Crippen molar-refractivity contribution < 1.29 is 24.2 Å². The number of benzene rings is 2. The third kappa shape index (κ3) is 3.87. The van der Waals surface area contributed by atoms with Gasteiger partial charge in [-0.3, -0.25) is 4.90 Å². The highest BCUT2D eigenvalue weighted by Crippen LogP contribution is 2.44. The van der Waals surface area contributed by atoms with Crippen molar-refractivity contribution in [2.24, 2.45) is 0 Å². The highest BCUT2D eigenvalue weighted by molar-refractivity contribution is 5.81. The number of nitrogens with zero attached hydrogens (tertiary/aromatic N) is 1. The molecule has 0 bridgehead atoms. The molecule has 1 aliphatic rings. The number of carbonyl (C=O) groups is 2. The lowest BCUT2D eigenvalue weighted by molar-refractivity contribution is -0.144. The molecule has 0 radical (unpaired) electrons. The molecule has 2 aromatic carbocycles. The minimum atomic E-state index is -1.11. The molecule has 0 saturated carbocycles. The fourth-order valence-electron chi connectivity index (χ4n) is 3.74. The van der Waals surface area contributed by atoms with Crippen LogP contribution in [0.1, 0.15) is 30.4 Å². The molecule has 28 heavy (non-hydrogen) atoms. The van der Waals surface area contributed by atoms with Crippen molar-refractivity contribution in [1.29, 1.82) is 0 Å². The number of amides is 1. The predicted octanol–water partition coefficient (Wildman–Crippen LogP) is 3.75. The molecule has 6 heteroatoms. The first kappa shape index (κ1) is 19.9. The second kappa shape index (κ2) is 8.89. The van der Waals surface area contributed by atoms with Crippen LogP contribution in [0.15, 0.2) is 48.5 Å². The van der Waals surface area contributed by atoms with Crippen molar-refractivity contribution in [1.82, 2.24) is 4.90 Å². The Morgan fingerprint density at radius 1 is 1.07 bits per heavy atom.